The van der Waals surface area contributed by atoms with Gasteiger partial charge in [0.1, 0.15) is 0 Å². The molecule has 2 nitrogen and oxygen atoms in total. The lowest BCUT2D eigenvalue weighted by Gasteiger charge is -2.16. The van der Waals surface area contributed by atoms with Crippen LogP contribution in [0, 0.1) is 0 Å². The third kappa shape index (κ3) is 3.85. The van der Waals surface area contributed by atoms with Crippen LogP contribution >= 0.6 is 0 Å². The predicted molar refractivity (Wildman–Crippen MR) is 213 cm³/mol. The van der Waals surface area contributed by atoms with Gasteiger partial charge in [0, 0.05) is 23.2 Å². The molecule has 0 aliphatic rings. The summed E-state index contributed by atoms with van der Waals surface area (Å²) in [6.45, 7) is 0. The Morgan fingerprint density at radius 3 is 1.56 bits per heavy atom. The highest BCUT2D eigenvalue weighted by Crippen LogP contribution is 2.43. The third-order valence-corrected chi connectivity index (χ3v) is 10.7. The number of pyridine rings is 2. The largest absolute Gasteiger partial charge is 0.254 e. The van der Waals surface area contributed by atoms with Gasteiger partial charge < -0.3 is 0 Å². The molecule has 50 heavy (non-hydrogen) atoms. The van der Waals surface area contributed by atoms with Crippen LogP contribution in [-0.2, 0) is 0 Å². The Hall–Kier alpha value is -6.64. The number of rotatable bonds is 2. The van der Waals surface area contributed by atoms with Gasteiger partial charge in [-0.15, -0.1) is 0 Å². The second kappa shape index (κ2) is 10.4. The number of benzene rings is 8. The molecule has 11 aromatic rings. The number of nitrogens with zero attached hydrogens (tertiary/aromatic N) is 2. The second-order valence-electron chi connectivity index (χ2n) is 13.3. The quantitative estimate of drug-likeness (QED) is 0.177. The van der Waals surface area contributed by atoms with Gasteiger partial charge in [-0.1, -0.05) is 133 Å². The molecule has 0 fully saturated rings. The van der Waals surface area contributed by atoms with Crippen molar-refractivity contribution < 1.29 is 0 Å². The first-order valence-electron chi connectivity index (χ1n) is 17.2. The maximum absolute atomic E-state index is 4.79. The first-order valence-corrected chi connectivity index (χ1v) is 17.2. The molecule has 0 atom stereocenters. The van der Waals surface area contributed by atoms with Crippen molar-refractivity contribution in [1.82, 2.24) is 9.97 Å². The molecule has 0 amide bonds. The minimum atomic E-state index is 0.932. The van der Waals surface area contributed by atoms with E-state index in [4.69, 9.17) is 9.97 Å². The molecule has 0 bridgehead atoms. The predicted octanol–water partition coefficient (Wildman–Crippen LogP) is 13.0. The zero-order valence-electron chi connectivity index (χ0n) is 27.1. The van der Waals surface area contributed by atoms with E-state index in [1.807, 2.05) is 24.5 Å². The van der Waals surface area contributed by atoms with Gasteiger partial charge in [-0.25, -0.2) is 0 Å². The summed E-state index contributed by atoms with van der Waals surface area (Å²) in [6.07, 6.45) is 3.71. The molecule has 0 saturated heterocycles. The van der Waals surface area contributed by atoms with Gasteiger partial charge in [-0.2, -0.15) is 0 Å². The van der Waals surface area contributed by atoms with Gasteiger partial charge in [0.05, 0.1) is 11.0 Å². The fourth-order valence-corrected chi connectivity index (χ4v) is 8.51. The van der Waals surface area contributed by atoms with Crippen LogP contribution in [0.4, 0.5) is 0 Å². The molecule has 0 aliphatic carbocycles. The molecule has 0 unspecified atom stereocenters. The summed E-state index contributed by atoms with van der Waals surface area (Å²) in [5.41, 5.74) is 6.65. The van der Waals surface area contributed by atoms with Crippen molar-refractivity contribution in [2.24, 2.45) is 0 Å². The lowest BCUT2D eigenvalue weighted by atomic mass is 9.87. The summed E-state index contributed by atoms with van der Waals surface area (Å²) < 4.78 is 0. The van der Waals surface area contributed by atoms with Gasteiger partial charge in [0.15, 0.2) is 0 Å². The Morgan fingerprint density at radius 2 is 0.820 bits per heavy atom. The molecule has 0 spiro atoms. The standard InChI is InChI=1S/C48H28N2/c1-2-13-35-34(12-1)33(23-24-38(35)44-28-32-11-7-25-49-47(32)48-42(44)18-8-26-50-48)31-21-22-39-41-17-6-10-30-20-19-29-9-5-16-40(45(29)46(30)41)36-14-3-4-15-37(36)43(39)27-31/h1-28H. The molecule has 0 aliphatic heterocycles. The van der Waals surface area contributed by atoms with Crippen LogP contribution in [0.3, 0.4) is 0 Å². The van der Waals surface area contributed by atoms with Gasteiger partial charge in [0.2, 0.25) is 0 Å². The monoisotopic (exact) mass is 632 g/mol. The van der Waals surface area contributed by atoms with Crippen LogP contribution in [0.25, 0.3) is 109 Å². The highest BCUT2D eigenvalue weighted by molar-refractivity contribution is 6.33. The zero-order chi connectivity index (χ0) is 32.8. The van der Waals surface area contributed by atoms with Crippen LogP contribution in [0.2, 0.25) is 0 Å². The Bertz CT molecular complexity index is 3210. The average Bonchev–Trinajstić information content (AvgIpc) is 3.19. The summed E-state index contributed by atoms with van der Waals surface area (Å²) in [4.78, 5) is 9.49. The van der Waals surface area contributed by atoms with Crippen molar-refractivity contribution in [3.8, 4) is 22.3 Å². The van der Waals surface area contributed by atoms with E-state index in [0.29, 0.717) is 0 Å². The number of fused-ring (bicyclic) bond motifs is 9. The molecule has 9 aromatic carbocycles. The van der Waals surface area contributed by atoms with E-state index >= 15 is 0 Å². The Morgan fingerprint density at radius 1 is 0.280 bits per heavy atom. The fourth-order valence-electron chi connectivity index (χ4n) is 8.51. The van der Waals surface area contributed by atoms with Crippen molar-refractivity contribution >= 4 is 86.4 Å². The maximum Gasteiger partial charge on any atom is 0.0970 e. The minimum absolute atomic E-state index is 0.932. The highest BCUT2D eigenvalue weighted by Gasteiger charge is 2.17. The van der Waals surface area contributed by atoms with Crippen LogP contribution in [0.1, 0.15) is 0 Å². The van der Waals surface area contributed by atoms with Crippen molar-refractivity contribution in [2.75, 3.05) is 0 Å². The average molecular weight is 633 g/mol. The topological polar surface area (TPSA) is 25.8 Å². The van der Waals surface area contributed by atoms with Crippen molar-refractivity contribution in [3.63, 3.8) is 0 Å². The summed E-state index contributed by atoms with van der Waals surface area (Å²) in [6, 6.07) is 58.0. The lowest BCUT2D eigenvalue weighted by Crippen LogP contribution is -1.91. The van der Waals surface area contributed by atoms with Crippen molar-refractivity contribution in [3.05, 3.63) is 170 Å². The SMILES string of the molecule is c1cnc2c(c1)cc(-c1ccc(-c3ccc4c(c3)c3ccccc3c3cccc5ccc6cccc4c6c53)c3ccccc13)c1cccnc12. The molecule has 2 heterocycles. The molecule has 2 heteroatoms. The van der Waals surface area contributed by atoms with Crippen LogP contribution < -0.4 is 0 Å². The minimum Gasteiger partial charge on any atom is -0.254 e. The highest BCUT2D eigenvalue weighted by atomic mass is 14.7. The van der Waals surface area contributed by atoms with E-state index in [1.165, 1.54) is 86.9 Å². The van der Waals surface area contributed by atoms with Crippen molar-refractivity contribution in [1.29, 1.82) is 0 Å². The van der Waals surface area contributed by atoms with E-state index in [1.54, 1.807) is 0 Å². The van der Waals surface area contributed by atoms with E-state index in [9.17, 15) is 0 Å². The van der Waals surface area contributed by atoms with Gasteiger partial charge >= 0.3 is 0 Å². The van der Waals surface area contributed by atoms with Crippen molar-refractivity contribution in [2.45, 2.75) is 0 Å². The van der Waals surface area contributed by atoms with E-state index in [2.05, 4.69) is 146 Å². The van der Waals surface area contributed by atoms with Gasteiger partial charge in [-0.3, -0.25) is 9.97 Å². The molecular formula is C48H28N2. The van der Waals surface area contributed by atoms with E-state index < -0.39 is 0 Å². The fraction of sp³-hybridized carbons (Fsp3) is 0. The van der Waals surface area contributed by atoms with Crippen LogP contribution in [0.5, 0.6) is 0 Å². The van der Waals surface area contributed by atoms with Gasteiger partial charge in [0.25, 0.3) is 0 Å². The molecule has 2 aromatic heterocycles. The summed E-state index contributed by atoms with van der Waals surface area (Å²) in [5, 5.41) is 17.5. The second-order valence-corrected chi connectivity index (χ2v) is 13.3. The Labute approximate surface area is 287 Å². The number of hydrogen-bond donors (Lipinski definition) is 0. The number of aromatic nitrogens is 2. The Balaban J connectivity index is 1.23. The van der Waals surface area contributed by atoms with Crippen LogP contribution in [-0.4, -0.2) is 9.97 Å². The lowest BCUT2D eigenvalue weighted by molar-refractivity contribution is 1.37. The molecule has 0 saturated carbocycles. The zero-order valence-corrected chi connectivity index (χ0v) is 27.1. The molecule has 0 radical (unpaired) electrons. The first kappa shape index (κ1) is 27.3. The smallest absolute Gasteiger partial charge is 0.0970 e. The molecule has 0 N–H and O–H groups in total. The van der Waals surface area contributed by atoms with Crippen LogP contribution in [0.15, 0.2) is 170 Å². The maximum atomic E-state index is 4.79. The summed E-state index contributed by atoms with van der Waals surface area (Å²) in [7, 11) is 0. The normalized spacial score (nSPS) is 12.0. The van der Waals surface area contributed by atoms with E-state index in [-0.39, 0.29) is 0 Å². The van der Waals surface area contributed by atoms with E-state index in [0.717, 1.165) is 21.8 Å². The molecule has 230 valence electrons. The van der Waals surface area contributed by atoms with Gasteiger partial charge in [-0.05, 0) is 111 Å². The third-order valence-electron chi connectivity index (χ3n) is 10.7. The Kier molecular flexibility index (Phi) is 5.70. The summed E-state index contributed by atoms with van der Waals surface area (Å²) >= 11 is 0. The number of hydrogen-bond acceptors (Lipinski definition) is 2. The summed E-state index contributed by atoms with van der Waals surface area (Å²) in [5.74, 6) is 0. The first-order chi connectivity index (χ1) is 24.8. The molecule has 11 rings (SSSR count). The molecular weight excluding hydrogens is 605 g/mol.